The first kappa shape index (κ1) is 63.2. The van der Waals surface area contributed by atoms with Crippen LogP contribution in [0.4, 0.5) is 11.4 Å². The number of fused-ring (bicyclic) bond motifs is 1. The molecular weight excluding hydrogens is 1060 g/mol. The van der Waals surface area contributed by atoms with E-state index in [9.17, 15) is 38.4 Å². The van der Waals surface area contributed by atoms with Crippen molar-refractivity contribution in [3.8, 4) is 11.1 Å². The van der Waals surface area contributed by atoms with Crippen molar-refractivity contribution in [1.82, 2.24) is 41.0 Å². The molecule has 3 aromatic carbocycles. The van der Waals surface area contributed by atoms with Crippen LogP contribution < -0.4 is 37.0 Å². The van der Waals surface area contributed by atoms with Crippen molar-refractivity contribution >= 4 is 53.1 Å². The Hall–Kier alpha value is -7.34. The van der Waals surface area contributed by atoms with Gasteiger partial charge in [0.05, 0.1) is 63.4 Å². The molecule has 22 heteroatoms. The molecule has 1 aromatic heterocycles. The summed E-state index contributed by atoms with van der Waals surface area (Å²) in [6.07, 6.45) is 2.45. The van der Waals surface area contributed by atoms with E-state index >= 15 is 0 Å². The number of piperazine rings is 1. The maximum Gasteiger partial charge on any atom is 0.264 e. The average molecular weight is 1150 g/mol. The summed E-state index contributed by atoms with van der Waals surface area (Å²) in [5.74, 6) is -2.03. The highest BCUT2D eigenvalue weighted by Crippen LogP contribution is 2.35. The SMILES string of the molecule is CCN(c1cc(-c2ccc(CN3CCN(CC(=O)NCCOCCOCCOCCC(=O)NCCNc4cccc5c4C(=O)N(C(C=O)CCC(=O)NC)C5=O)CC3)cc2)cc(C(=O)NCc2c(C)cc(C)[nH]c2=O)c1C)C1CCOCC1. The van der Waals surface area contributed by atoms with Crippen molar-refractivity contribution in [2.75, 3.05) is 129 Å². The van der Waals surface area contributed by atoms with Crippen LogP contribution in [-0.4, -0.2) is 192 Å². The number of aromatic nitrogens is 1. The molecule has 22 nitrogen and oxygen atoms in total. The van der Waals surface area contributed by atoms with Crippen molar-refractivity contribution in [1.29, 1.82) is 0 Å². The van der Waals surface area contributed by atoms with Gasteiger partial charge in [-0.05, 0) is 105 Å². The number of nitrogens with one attached hydrogen (secondary N) is 6. The monoisotopic (exact) mass is 1150 g/mol. The lowest BCUT2D eigenvalue weighted by Crippen LogP contribution is -2.49. The van der Waals surface area contributed by atoms with Gasteiger partial charge in [-0.2, -0.15) is 0 Å². The molecule has 4 heterocycles. The molecular formula is C61H82N10O12. The van der Waals surface area contributed by atoms with E-state index in [1.165, 1.54) is 18.7 Å². The second-order valence-corrected chi connectivity index (χ2v) is 21.0. The van der Waals surface area contributed by atoms with Gasteiger partial charge in [0.1, 0.15) is 6.29 Å². The van der Waals surface area contributed by atoms with Crippen LogP contribution >= 0.6 is 0 Å². The summed E-state index contributed by atoms with van der Waals surface area (Å²) in [5.41, 5.74) is 8.31. The molecule has 6 amide bonds. The van der Waals surface area contributed by atoms with Crippen molar-refractivity contribution in [3.05, 3.63) is 116 Å². The smallest absolute Gasteiger partial charge is 0.264 e. The molecule has 0 bridgehead atoms. The Kier molecular flexibility index (Phi) is 24.3. The number of H-pyrrole nitrogens is 1. The molecule has 0 saturated carbocycles. The van der Waals surface area contributed by atoms with Crippen molar-refractivity contribution < 1.29 is 52.5 Å². The molecule has 1 atom stereocenters. The highest BCUT2D eigenvalue weighted by atomic mass is 16.5. The highest BCUT2D eigenvalue weighted by molar-refractivity contribution is 6.24. The Morgan fingerprint density at radius 2 is 1.45 bits per heavy atom. The number of aldehydes is 1. The van der Waals surface area contributed by atoms with Gasteiger partial charge in [-0.3, -0.25) is 48.3 Å². The summed E-state index contributed by atoms with van der Waals surface area (Å²) >= 11 is 0. The van der Waals surface area contributed by atoms with E-state index in [0.717, 1.165) is 90.6 Å². The predicted octanol–water partition coefficient (Wildman–Crippen LogP) is 3.49. The number of benzene rings is 3. The zero-order chi connectivity index (χ0) is 59.3. The first-order valence-electron chi connectivity index (χ1n) is 28.9. The topological polar surface area (TPSA) is 262 Å². The third-order valence-electron chi connectivity index (χ3n) is 15.3. The summed E-state index contributed by atoms with van der Waals surface area (Å²) in [7, 11) is 1.47. The van der Waals surface area contributed by atoms with Crippen molar-refractivity contribution in [2.45, 2.75) is 85.0 Å². The fourth-order valence-electron chi connectivity index (χ4n) is 10.7. The summed E-state index contributed by atoms with van der Waals surface area (Å²) in [6.45, 7) is 17.3. The number of rotatable bonds is 32. The van der Waals surface area contributed by atoms with Gasteiger partial charge in [0.15, 0.2) is 0 Å². The van der Waals surface area contributed by atoms with Crippen molar-refractivity contribution in [3.63, 3.8) is 0 Å². The van der Waals surface area contributed by atoms with Crippen LogP contribution in [0.15, 0.2) is 65.5 Å². The van der Waals surface area contributed by atoms with Gasteiger partial charge < -0.3 is 60.2 Å². The largest absolute Gasteiger partial charge is 0.383 e. The van der Waals surface area contributed by atoms with Gasteiger partial charge in [0, 0.05) is 133 Å². The lowest BCUT2D eigenvalue weighted by atomic mass is 9.94. The standard InChI is InChI=1S/C61H82N10O12/c1-6-70(47-16-26-80-27-17-47)53-36-46(35-50(43(53)4)58(76)66-37-51-41(2)34-42(3)67-59(51)77)45-12-10-44(11-13-45)38-68-22-24-69(25-23-68)39-56(75)65-21-29-82-31-33-83-32-30-81-28-18-55(74)64-20-19-63-52-9-7-8-49-57(52)61(79)71(60(49)78)48(40-72)14-15-54(73)62-5/h7-13,34-36,40,47-48,63H,6,14-33,37-39H2,1-5H3,(H,62,73)(H,64,74)(H,65,75)(H,66,76)(H,67,77). The number of hydrogen-bond donors (Lipinski definition) is 6. The highest BCUT2D eigenvalue weighted by Gasteiger charge is 2.41. The van der Waals surface area contributed by atoms with E-state index in [0.29, 0.717) is 88.5 Å². The Labute approximate surface area is 485 Å². The average Bonchev–Trinajstić information content (AvgIpc) is 3.05. The Morgan fingerprint density at radius 1 is 0.759 bits per heavy atom. The van der Waals surface area contributed by atoms with E-state index in [1.54, 1.807) is 12.1 Å². The minimum absolute atomic E-state index is 0.00997. The number of hydrogen-bond acceptors (Lipinski definition) is 16. The number of nitrogens with zero attached hydrogens (tertiary/aromatic N) is 4. The fourth-order valence-corrected chi connectivity index (χ4v) is 10.7. The molecule has 0 radical (unpaired) electrons. The maximum absolute atomic E-state index is 14.0. The van der Waals surface area contributed by atoms with Crippen LogP contribution in [0.5, 0.6) is 0 Å². The molecule has 83 heavy (non-hydrogen) atoms. The number of amides is 6. The first-order chi connectivity index (χ1) is 40.2. The molecule has 6 N–H and O–H groups in total. The number of carbonyl (C=O) groups excluding carboxylic acids is 7. The van der Waals surface area contributed by atoms with Gasteiger partial charge in [-0.25, -0.2) is 0 Å². The summed E-state index contributed by atoms with van der Waals surface area (Å²) in [5, 5.41) is 14.3. The number of imide groups is 1. The molecule has 3 aliphatic heterocycles. The number of carbonyl (C=O) groups is 7. The molecule has 3 aliphatic rings. The van der Waals surface area contributed by atoms with Crippen LogP contribution in [0.1, 0.15) is 98.0 Å². The predicted molar refractivity (Wildman–Crippen MR) is 315 cm³/mol. The zero-order valence-corrected chi connectivity index (χ0v) is 48.7. The Morgan fingerprint density at radius 3 is 2.13 bits per heavy atom. The number of ether oxygens (including phenoxy) is 4. The summed E-state index contributed by atoms with van der Waals surface area (Å²) in [6, 6.07) is 18.6. The van der Waals surface area contributed by atoms with E-state index in [-0.39, 0.29) is 85.8 Å². The minimum Gasteiger partial charge on any atom is -0.383 e. The Bertz CT molecular complexity index is 2940. The van der Waals surface area contributed by atoms with Crippen molar-refractivity contribution in [2.24, 2.45) is 0 Å². The molecule has 0 aliphatic carbocycles. The van der Waals surface area contributed by atoms with Crippen LogP contribution in [0, 0.1) is 20.8 Å². The lowest BCUT2D eigenvalue weighted by molar-refractivity contribution is -0.123. The molecule has 2 saturated heterocycles. The second-order valence-electron chi connectivity index (χ2n) is 21.0. The van der Waals surface area contributed by atoms with Gasteiger partial charge in [0.2, 0.25) is 17.7 Å². The van der Waals surface area contributed by atoms with Crippen LogP contribution in [-0.2, 0) is 51.2 Å². The molecule has 448 valence electrons. The van der Waals surface area contributed by atoms with E-state index in [2.05, 4.69) is 83.5 Å². The third kappa shape index (κ3) is 17.8. The number of pyridine rings is 1. The number of aryl methyl sites for hydroxylation is 2. The molecule has 1 unspecified atom stereocenters. The molecule has 0 spiro atoms. The lowest BCUT2D eigenvalue weighted by Gasteiger charge is -2.37. The number of aromatic amines is 1. The fraction of sp³-hybridized carbons (Fsp3) is 0.508. The summed E-state index contributed by atoms with van der Waals surface area (Å²) in [4.78, 5) is 112. The van der Waals surface area contributed by atoms with Gasteiger partial charge >= 0.3 is 0 Å². The first-order valence-corrected chi connectivity index (χ1v) is 28.9. The molecule has 4 aromatic rings. The second kappa shape index (κ2) is 31.9. The van der Waals surface area contributed by atoms with Gasteiger partial charge in [-0.1, -0.05) is 30.3 Å². The van der Waals surface area contributed by atoms with Crippen LogP contribution in [0.3, 0.4) is 0 Å². The Balaban J connectivity index is 0.732. The third-order valence-corrected chi connectivity index (χ3v) is 15.3. The van der Waals surface area contributed by atoms with Crippen LogP contribution in [0.2, 0.25) is 0 Å². The van der Waals surface area contributed by atoms with Gasteiger partial charge in [-0.15, -0.1) is 0 Å². The van der Waals surface area contributed by atoms with E-state index in [4.69, 9.17) is 18.9 Å². The zero-order valence-electron chi connectivity index (χ0n) is 48.7. The minimum atomic E-state index is -1.08. The summed E-state index contributed by atoms with van der Waals surface area (Å²) < 4.78 is 22.4. The number of anilines is 2. The quantitative estimate of drug-likeness (QED) is 0.0232. The van der Waals surface area contributed by atoms with Gasteiger partial charge in [0.25, 0.3) is 23.3 Å². The van der Waals surface area contributed by atoms with E-state index < -0.39 is 17.9 Å². The van der Waals surface area contributed by atoms with Crippen LogP contribution in [0.25, 0.3) is 11.1 Å². The van der Waals surface area contributed by atoms with E-state index in [1.807, 2.05) is 32.9 Å². The maximum atomic E-state index is 14.0. The molecule has 7 rings (SSSR count). The normalized spacial score (nSPS) is 15.2. The molecule has 2 fully saturated rings.